The zero-order valence-corrected chi connectivity index (χ0v) is 15.2. The van der Waals surface area contributed by atoms with Crippen LogP contribution in [0.2, 0.25) is 0 Å². The van der Waals surface area contributed by atoms with Gasteiger partial charge in [-0.05, 0) is 49.1 Å². The molecule has 1 rings (SSSR count). The number of aromatic nitrogens is 1. The smallest absolute Gasteiger partial charge is 0.186 e. The van der Waals surface area contributed by atoms with E-state index < -0.39 is 0 Å². The zero-order valence-electron chi connectivity index (χ0n) is 13.5. The van der Waals surface area contributed by atoms with Crippen LogP contribution in [-0.4, -0.2) is 40.7 Å². The first-order valence-corrected chi connectivity index (χ1v) is 7.78. The third kappa shape index (κ3) is 6.25. The summed E-state index contributed by atoms with van der Waals surface area (Å²) in [7, 11) is 3.45. The van der Waals surface area contributed by atoms with E-state index in [4.69, 9.17) is 24.4 Å². The van der Waals surface area contributed by atoms with Crippen LogP contribution >= 0.6 is 24.4 Å². The number of hydrogen-bond acceptors (Lipinski definition) is 5. The molecule has 0 radical (unpaired) electrons. The van der Waals surface area contributed by atoms with Crippen LogP contribution in [0.25, 0.3) is 0 Å². The van der Waals surface area contributed by atoms with Crippen molar-refractivity contribution in [3.8, 4) is 0 Å². The monoisotopic (exact) mass is 351 g/mol. The summed E-state index contributed by atoms with van der Waals surface area (Å²) in [5.74, 6) is -0.00105. The zero-order chi connectivity index (χ0) is 17.2. The molecule has 4 N–H and O–H groups in total. The molecule has 1 aromatic rings. The lowest BCUT2D eigenvalue weighted by Crippen LogP contribution is -2.33. The summed E-state index contributed by atoms with van der Waals surface area (Å²) in [6.07, 6.45) is 3.49. The van der Waals surface area contributed by atoms with E-state index in [1.165, 1.54) is 0 Å². The van der Waals surface area contributed by atoms with Gasteiger partial charge in [0, 0.05) is 32.4 Å². The van der Waals surface area contributed by atoms with Crippen molar-refractivity contribution in [2.45, 2.75) is 19.8 Å². The van der Waals surface area contributed by atoms with Gasteiger partial charge in [-0.3, -0.25) is 15.8 Å². The molecule has 0 aliphatic rings. The van der Waals surface area contributed by atoms with Gasteiger partial charge in [0.2, 0.25) is 0 Å². The van der Waals surface area contributed by atoms with Crippen molar-refractivity contribution < 1.29 is 0 Å². The highest BCUT2D eigenvalue weighted by atomic mass is 32.1. The van der Waals surface area contributed by atoms with Gasteiger partial charge in [-0.1, -0.05) is 6.92 Å². The summed E-state index contributed by atoms with van der Waals surface area (Å²) < 4.78 is 0. The fraction of sp³-hybridized carbons (Fsp3) is 0.357. The van der Waals surface area contributed by atoms with E-state index in [0.717, 1.165) is 11.3 Å². The lowest BCUT2D eigenvalue weighted by Gasteiger charge is -2.16. The van der Waals surface area contributed by atoms with Crippen LogP contribution in [0.4, 0.5) is 0 Å². The molecule has 0 saturated heterocycles. The van der Waals surface area contributed by atoms with Crippen molar-refractivity contribution in [2.75, 3.05) is 14.1 Å². The molecule has 23 heavy (non-hydrogen) atoms. The number of pyridine rings is 1. The van der Waals surface area contributed by atoms with Gasteiger partial charge in [0.25, 0.3) is 0 Å². The topological polar surface area (TPSA) is 85.7 Å². The maximum atomic E-state index is 5.06. The van der Waals surface area contributed by atoms with E-state index in [1.54, 1.807) is 26.5 Å². The Hall–Kier alpha value is -2.13. The molecule has 124 valence electrons. The number of nitrogens with one attached hydrogen (secondary N) is 4. The predicted molar refractivity (Wildman–Crippen MR) is 103 cm³/mol. The maximum Gasteiger partial charge on any atom is 0.186 e. The van der Waals surface area contributed by atoms with Crippen LogP contribution < -0.4 is 21.5 Å². The quantitative estimate of drug-likeness (QED) is 0.359. The van der Waals surface area contributed by atoms with Gasteiger partial charge in [-0.15, -0.1) is 0 Å². The fourth-order valence-electron chi connectivity index (χ4n) is 1.72. The minimum atomic E-state index is -0.00105. The molecule has 1 aromatic heterocycles. The summed E-state index contributed by atoms with van der Waals surface area (Å²) >= 11 is 10.1. The molecule has 0 amide bonds. The van der Waals surface area contributed by atoms with Crippen molar-refractivity contribution in [1.29, 1.82) is 0 Å². The number of rotatable bonds is 5. The van der Waals surface area contributed by atoms with Crippen molar-refractivity contribution >= 4 is 46.1 Å². The largest absolute Gasteiger partial charge is 0.364 e. The number of thiocarbonyl (C=S) groups is 2. The van der Waals surface area contributed by atoms with Crippen LogP contribution in [-0.2, 0) is 0 Å². The Kier molecular flexibility index (Phi) is 8.06. The minimum Gasteiger partial charge on any atom is -0.364 e. The highest BCUT2D eigenvalue weighted by molar-refractivity contribution is 7.80. The highest BCUT2D eigenvalue weighted by Gasteiger charge is 2.17. The van der Waals surface area contributed by atoms with Gasteiger partial charge in [-0.25, -0.2) is 0 Å². The molecule has 0 bridgehead atoms. The molecule has 0 aliphatic heterocycles. The van der Waals surface area contributed by atoms with E-state index in [0.29, 0.717) is 15.9 Å². The molecular formula is C14H21N7S2. The van der Waals surface area contributed by atoms with E-state index in [2.05, 4.69) is 36.7 Å². The second-order valence-corrected chi connectivity index (χ2v) is 5.39. The van der Waals surface area contributed by atoms with E-state index >= 15 is 0 Å². The fourth-order valence-corrected chi connectivity index (χ4v) is 1.81. The molecule has 7 nitrogen and oxygen atoms in total. The molecule has 0 aromatic carbocycles. The lowest BCUT2D eigenvalue weighted by molar-refractivity contribution is 0.929. The van der Waals surface area contributed by atoms with E-state index in [9.17, 15) is 0 Å². The Labute approximate surface area is 147 Å². The molecule has 0 spiro atoms. The Balaban J connectivity index is 3.06. The Morgan fingerprint density at radius 1 is 1.04 bits per heavy atom. The molecule has 0 aliphatic carbocycles. The van der Waals surface area contributed by atoms with Gasteiger partial charge in [0.1, 0.15) is 0 Å². The highest BCUT2D eigenvalue weighted by Crippen LogP contribution is 2.16. The summed E-state index contributed by atoms with van der Waals surface area (Å²) in [5, 5.41) is 15.1. The third-order valence-electron chi connectivity index (χ3n) is 3.04. The van der Waals surface area contributed by atoms with Crippen LogP contribution in [0.5, 0.6) is 0 Å². The van der Waals surface area contributed by atoms with Crippen molar-refractivity contribution in [3.05, 3.63) is 30.1 Å². The second-order valence-electron chi connectivity index (χ2n) is 4.58. The number of hydrazone groups is 2. The predicted octanol–water partition coefficient (Wildman–Crippen LogP) is 1.10. The summed E-state index contributed by atoms with van der Waals surface area (Å²) in [4.78, 5) is 4.04. The number of hydrogen-bond donors (Lipinski definition) is 4. The average Bonchev–Trinajstić information content (AvgIpc) is 2.59. The molecule has 1 atom stereocenters. The molecule has 1 heterocycles. The standard InChI is InChI=1S/C14H21N7S2/c1-9(11-5-7-17-8-6-11)12(19-21-14(23)16-4)10(2)18-20-13(22)15-3/h5-9H,1-4H3,(H2,15,20,22)(H2,16,21,23)/b18-10+,19-12+/t9-/m0/s1. The molecule has 0 unspecified atom stereocenters. The molecule has 9 heteroatoms. The third-order valence-corrected chi connectivity index (χ3v) is 3.63. The summed E-state index contributed by atoms with van der Waals surface area (Å²) in [6.45, 7) is 3.89. The Morgan fingerprint density at radius 2 is 1.57 bits per heavy atom. The Bertz CT molecular complexity index is 598. The van der Waals surface area contributed by atoms with Crippen LogP contribution in [0.15, 0.2) is 34.7 Å². The first kappa shape index (κ1) is 18.9. The molecule has 0 fully saturated rings. The van der Waals surface area contributed by atoms with E-state index in [1.807, 2.05) is 26.0 Å². The van der Waals surface area contributed by atoms with Crippen molar-refractivity contribution in [2.24, 2.45) is 10.2 Å². The second kappa shape index (κ2) is 9.80. The average molecular weight is 352 g/mol. The SMILES string of the molecule is CNC(=S)N/N=C(C)/C(=N/NC(=S)NC)[C@@H](C)c1ccncc1. The maximum absolute atomic E-state index is 5.06. The lowest BCUT2D eigenvalue weighted by atomic mass is 9.94. The Morgan fingerprint density at radius 3 is 2.09 bits per heavy atom. The molecular weight excluding hydrogens is 330 g/mol. The van der Waals surface area contributed by atoms with Gasteiger partial charge in [0.15, 0.2) is 10.2 Å². The number of nitrogens with zero attached hydrogens (tertiary/aromatic N) is 3. The van der Waals surface area contributed by atoms with Crippen LogP contribution in [0.3, 0.4) is 0 Å². The molecule has 0 saturated carbocycles. The van der Waals surface area contributed by atoms with Crippen molar-refractivity contribution in [3.63, 3.8) is 0 Å². The summed E-state index contributed by atoms with van der Waals surface area (Å²) in [6, 6.07) is 3.88. The minimum absolute atomic E-state index is 0.00105. The van der Waals surface area contributed by atoms with Crippen LogP contribution in [0, 0.1) is 0 Å². The first-order valence-electron chi connectivity index (χ1n) is 6.97. The van der Waals surface area contributed by atoms with Gasteiger partial charge in [-0.2, -0.15) is 10.2 Å². The first-order chi connectivity index (χ1) is 11.0. The van der Waals surface area contributed by atoms with Gasteiger partial charge in [0.05, 0.1) is 11.4 Å². The van der Waals surface area contributed by atoms with Gasteiger partial charge >= 0.3 is 0 Å². The summed E-state index contributed by atoms with van der Waals surface area (Å²) in [5.41, 5.74) is 8.06. The van der Waals surface area contributed by atoms with E-state index in [-0.39, 0.29) is 5.92 Å². The van der Waals surface area contributed by atoms with Gasteiger partial charge < -0.3 is 10.6 Å². The normalized spacial score (nSPS) is 13.0. The van der Waals surface area contributed by atoms with Crippen LogP contribution in [0.1, 0.15) is 25.3 Å². The van der Waals surface area contributed by atoms with Crippen molar-refractivity contribution in [1.82, 2.24) is 26.5 Å².